The molecule has 2 heterocycles. The first kappa shape index (κ1) is 25.0. The standard InChI is InChI=1S/C28H22F3N5O2/c1-18-6-9-21(10-7-18)36-24-11-8-20(14-19(24)15-34-36)27(38,28(29,30)31)23-16-35(17-26(37)33-13-12-32)25-5-3-2-4-22(23)25/h2-11,14-16,38H,13,17H2,1H3,(H,33,37). The Kier molecular flexibility index (Phi) is 6.17. The molecule has 38 heavy (non-hydrogen) atoms. The highest BCUT2D eigenvalue weighted by molar-refractivity contribution is 5.88. The minimum Gasteiger partial charge on any atom is -0.372 e. The zero-order chi connectivity index (χ0) is 27.1. The number of carbonyl (C=O) groups is 1. The van der Waals surface area contributed by atoms with E-state index in [9.17, 15) is 23.1 Å². The summed E-state index contributed by atoms with van der Waals surface area (Å²) in [5.74, 6) is -0.542. The topological polar surface area (TPSA) is 95.9 Å². The van der Waals surface area contributed by atoms with E-state index in [0.717, 1.165) is 17.4 Å². The summed E-state index contributed by atoms with van der Waals surface area (Å²) in [5.41, 5.74) is -1.42. The second-order valence-corrected chi connectivity index (χ2v) is 9.00. The maximum absolute atomic E-state index is 14.8. The van der Waals surface area contributed by atoms with Gasteiger partial charge in [-0.3, -0.25) is 4.79 Å². The third-order valence-electron chi connectivity index (χ3n) is 6.53. The second-order valence-electron chi connectivity index (χ2n) is 9.00. The minimum absolute atomic E-state index is 0.149. The molecular formula is C28H22F3N5O2. The van der Waals surface area contributed by atoms with Crippen molar-refractivity contribution in [2.24, 2.45) is 0 Å². The van der Waals surface area contributed by atoms with Gasteiger partial charge in [0.05, 0.1) is 23.5 Å². The lowest BCUT2D eigenvalue weighted by molar-refractivity contribution is -0.247. The van der Waals surface area contributed by atoms with Crippen molar-refractivity contribution in [1.29, 1.82) is 5.26 Å². The van der Waals surface area contributed by atoms with Crippen LogP contribution in [0.4, 0.5) is 13.2 Å². The Morgan fingerprint density at radius 3 is 2.53 bits per heavy atom. The lowest BCUT2D eigenvalue weighted by Gasteiger charge is -2.31. The van der Waals surface area contributed by atoms with E-state index in [2.05, 4.69) is 10.4 Å². The summed E-state index contributed by atoms with van der Waals surface area (Å²) in [6.45, 7) is 1.40. The molecule has 0 bridgehead atoms. The van der Waals surface area contributed by atoms with Crippen molar-refractivity contribution in [2.45, 2.75) is 25.2 Å². The van der Waals surface area contributed by atoms with Gasteiger partial charge in [0.2, 0.25) is 11.5 Å². The van der Waals surface area contributed by atoms with Gasteiger partial charge < -0.3 is 15.0 Å². The summed E-state index contributed by atoms with van der Waals surface area (Å²) in [6, 6.07) is 19.6. The van der Waals surface area contributed by atoms with E-state index < -0.39 is 23.2 Å². The largest absolute Gasteiger partial charge is 0.425 e. The fraction of sp³-hybridized carbons (Fsp3) is 0.179. The molecule has 5 aromatic rings. The number of nitriles is 1. The molecule has 1 amide bonds. The Hall–Kier alpha value is -4.62. The predicted molar refractivity (Wildman–Crippen MR) is 135 cm³/mol. The Morgan fingerprint density at radius 2 is 1.82 bits per heavy atom. The number of hydrogen-bond donors (Lipinski definition) is 2. The minimum atomic E-state index is -5.09. The summed E-state index contributed by atoms with van der Waals surface area (Å²) in [7, 11) is 0. The number of hydrogen-bond acceptors (Lipinski definition) is 4. The van der Waals surface area contributed by atoms with Gasteiger partial charge in [-0.15, -0.1) is 0 Å². The molecule has 2 N–H and O–H groups in total. The van der Waals surface area contributed by atoms with Crippen LogP contribution in [-0.2, 0) is 16.9 Å². The van der Waals surface area contributed by atoms with E-state index in [4.69, 9.17) is 5.26 Å². The molecule has 1 unspecified atom stereocenters. The van der Waals surface area contributed by atoms with Crippen LogP contribution in [0.25, 0.3) is 27.5 Å². The number of benzene rings is 3. The number of nitrogens with one attached hydrogen (secondary N) is 1. The zero-order valence-corrected chi connectivity index (χ0v) is 20.2. The maximum atomic E-state index is 14.8. The summed E-state index contributed by atoms with van der Waals surface area (Å²) in [5, 5.41) is 27.5. The summed E-state index contributed by atoms with van der Waals surface area (Å²) >= 11 is 0. The molecule has 0 aliphatic carbocycles. The van der Waals surface area contributed by atoms with E-state index in [1.165, 1.54) is 35.0 Å². The quantitative estimate of drug-likeness (QED) is 0.319. The van der Waals surface area contributed by atoms with Gasteiger partial charge in [0.1, 0.15) is 13.1 Å². The number of aliphatic hydroxyl groups is 1. The summed E-state index contributed by atoms with van der Waals surface area (Å²) in [6.07, 6.45) is -2.49. The van der Waals surface area contributed by atoms with Crippen LogP contribution >= 0.6 is 0 Å². The number of rotatable bonds is 6. The highest BCUT2D eigenvalue weighted by Gasteiger charge is 2.57. The number of aromatic nitrogens is 3. The first-order valence-corrected chi connectivity index (χ1v) is 11.7. The first-order valence-electron chi connectivity index (χ1n) is 11.7. The molecule has 2 aromatic heterocycles. The van der Waals surface area contributed by atoms with E-state index in [1.54, 1.807) is 29.0 Å². The Balaban J connectivity index is 1.64. The number of amides is 1. The van der Waals surface area contributed by atoms with E-state index >= 15 is 0 Å². The van der Waals surface area contributed by atoms with Crippen molar-refractivity contribution in [1.82, 2.24) is 19.7 Å². The van der Waals surface area contributed by atoms with Crippen LogP contribution in [0.1, 0.15) is 16.7 Å². The van der Waals surface area contributed by atoms with Crippen LogP contribution in [0, 0.1) is 18.3 Å². The van der Waals surface area contributed by atoms with Crippen molar-refractivity contribution in [3.05, 3.63) is 95.8 Å². The summed E-state index contributed by atoms with van der Waals surface area (Å²) in [4.78, 5) is 12.2. The smallest absolute Gasteiger partial charge is 0.372 e. The van der Waals surface area contributed by atoms with Gasteiger partial charge in [0.15, 0.2) is 0 Å². The third kappa shape index (κ3) is 4.17. The highest BCUT2D eigenvalue weighted by atomic mass is 19.4. The molecule has 0 spiro atoms. The van der Waals surface area contributed by atoms with E-state index in [-0.39, 0.29) is 24.0 Å². The Labute approximate surface area is 215 Å². The molecule has 192 valence electrons. The van der Waals surface area contributed by atoms with Crippen molar-refractivity contribution in [3.8, 4) is 11.8 Å². The number of alkyl halides is 3. The van der Waals surface area contributed by atoms with Gasteiger partial charge in [-0.2, -0.15) is 23.5 Å². The van der Waals surface area contributed by atoms with Crippen molar-refractivity contribution in [2.75, 3.05) is 6.54 Å². The van der Waals surface area contributed by atoms with Crippen LogP contribution in [0.15, 0.2) is 79.1 Å². The second kappa shape index (κ2) is 9.36. The summed E-state index contributed by atoms with van der Waals surface area (Å²) < 4.78 is 47.2. The van der Waals surface area contributed by atoms with Crippen molar-refractivity contribution < 1.29 is 23.1 Å². The molecule has 0 aliphatic heterocycles. The monoisotopic (exact) mass is 517 g/mol. The van der Waals surface area contributed by atoms with Gasteiger partial charge >= 0.3 is 6.18 Å². The predicted octanol–water partition coefficient (Wildman–Crippen LogP) is 4.73. The number of halogens is 3. The number of aryl methyl sites for hydroxylation is 1. The van der Waals surface area contributed by atoms with E-state index in [0.29, 0.717) is 16.4 Å². The normalized spacial score (nSPS) is 13.4. The molecule has 1 atom stereocenters. The number of carbonyl (C=O) groups excluding carboxylic acids is 1. The molecule has 0 fully saturated rings. The van der Waals surface area contributed by atoms with Gasteiger partial charge in [-0.25, -0.2) is 4.68 Å². The third-order valence-corrected chi connectivity index (χ3v) is 6.53. The SMILES string of the molecule is Cc1ccc(-n2ncc3cc(C(O)(c4cn(CC(=O)NCC#N)c5ccccc45)C(F)(F)F)ccc32)cc1. The Morgan fingerprint density at radius 1 is 1.08 bits per heavy atom. The fourth-order valence-electron chi connectivity index (χ4n) is 4.64. The number of fused-ring (bicyclic) bond motifs is 2. The molecule has 0 radical (unpaired) electrons. The molecule has 7 nitrogen and oxygen atoms in total. The van der Waals surface area contributed by atoms with Crippen molar-refractivity contribution in [3.63, 3.8) is 0 Å². The molecular weight excluding hydrogens is 495 g/mol. The van der Waals surface area contributed by atoms with Gasteiger partial charge in [-0.05, 0) is 42.8 Å². The highest BCUT2D eigenvalue weighted by Crippen LogP contribution is 2.47. The average Bonchev–Trinajstić information content (AvgIpc) is 3.48. The van der Waals surface area contributed by atoms with Gasteiger partial charge in [-0.1, -0.05) is 42.0 Å². The molecule has 5 rings (SSSR count). The van der Waals surface area contributed by atoms with Crippen LogP contribution in [0.5, 0.6) is 0 Å². The molecule has 10 heteroatoms. The zero-order valence-electron chi connectivity index (χ0n) is 20.2. The molecule has 0 saturated carbocycles. The van der Waals surface area contributed by atoms with E-state index in [1.807, 2.05) is 31.2 Å². The molecule has 3 aromatic carbocycles. The van der Waals surface area contributed by atoms with Crippen LogP contribution in [0.3, 0.4) is 0 Å². The fourth-order valence-corrected chi connectivity index (χ4v) is 4.64. The first-order chi connectivity index (χ1) is 18.1. The van der Waals surface area contributed by atoms with Gasteiger partial charge in [0, 0.05) is 28.0 Å². The number of nitrogens with zero attached hydrogens (tertiary/aromatic N) is 4. The average molecular weight is 518 g/mol. The van der Waals surface area contributed by atoms with Crippen LogP contribution < -0.4 is 5.32 Å². The van der Waals surface area contributed by atoms with Gasteiger partial charge in [0.25, 0.3) is 0 Å². The maximum Gasteiger partial charge on any atom is 0.425 e. The lowest BCUT2D eigenvalue weighted by atomic mass is 9.85. The van der Waals surface area contributed by atoms with Crippen molar-refractivity contribution >= 4 is 27.7 Å². The Bertz CT molecular complexity index is 1700. The molecule has 0 aliphatic rings. The van der Waals surface area contributed by atoms with Crippen LogP contribution in [-0.4, -0.2) is 38.1 Å². The van der Waals surface area contributed by atoms with Crippen LogP contribution in [0.2, 0.25) is 0 Å². The number of para-hydroxylation sites is 1. The lowest BCUT2D eigenvalue weighted by Crippen LogP contribution is -2.43. The molecule has 0 saturated heterocycles.